The zero-order valence-corrected chi connectivity index (χ0v) is 11.9. The largest absolute Gasteiger partial charge is 0.378 e. The maximum absolute atomic E-state index is 5.81. The quantitative estimate of drug-likeness (QED) is 0.920. The van der Waals surface area contributed by atoms with E-state index in [1.165, 1.54) is 11.3 Å². The number of aromatic nitrogens is 1. The molecule has 18 heavy (non-hydrogen) atoms. The highest BCUT2D eigenvalue weighted by Crippen LogP contribution is 2.19. The van der Waals surface area contributed by atoms with Crippen LogP contribution in [0.15, 0.2) is 29.6 Å². The van der Waals surface area contributed by atoms with Crippen LogP contribution >= 0.6 is 11.3 Å². The minimum atomic E-state index is 0.0196. The van der Waals surface area contributed by atoms with Gasteiger partial charge in [-0.3, -0.25) is 0 Å². The van der Waals surface area contributed by atoms with Gasteiger partial charge in [-0.25, -0.2) is 4.98 Å². The Morgan fingerprint density at radius 1 is 1.28 bits per heavy atom. The van der Waals surface area contributed by atoms with E-state index in [2.05, 4.69) is 34.1 Å². The second-order valence-corrected chi connectivity index (χ2v) is 5.64. The lowest BCUT2D eigenvalue weighted by atomic mass is 10.1. The molecule has 0 aliphatic heterocycles. The molecule has 0 saturated heterocycles. The molecular weight excluding hydrogens is 242 g/mol. The van der Waals surface area contributed by atoms with Gasteiger partial charge in [0.15, 0.2) is 0 Å². The number of thiazole rings is 1. The van der Waals surface area contributed by atoms with Crippen molar-refractivity contribution < 1.29 is 0 Å². The van der Waals surface area contributed by atoms with E-state index in [1.807, 2.05) is 26.4 Å². The number of nitrogens with two attached hydrogens (primary N) is 1. The maximum Gasteiger partial charge on any atom is 0.0972 e. The molecule has 96 valence electrons. The highest BCUT2D eigenvalue weighted by molar-refractivity contribution is 7.09. The molecule has 1 aromatic heterocycles. The van der Waals surface area contributed by atoms with Gasteiger partial charge >= 0.3 is 0 Å². The van der Waals surface area contributed by atoms with Crippen molar-refractivity contribution in [2.24, 2.45) is 5.73 Å². The van der Waals surface area contributed by atoms with Gasteiger partial charge in [0.25, 0.3) is 0 Å². The van der Waals surface area contributed by atoms with Crippen LogP contribution in [0.25, 0.3) is 0 Å². The first-order valence-corrected chi connectivity index (χ1v) is 6.90. The van der Waals surface area contributed by atoms with Crippen molar-refractivity contribution in [1.82, 2.24) is 4.98 Å². The van der Waals surface area contributed by atoms with Gasteiger partial charge in [-0.1, -0.05) is 12.1 Å². The van der Waals surface area contributed by atoms with Gasteiger partial charge in [0.05, 0.1) is 10.7 Å². The predicted molar refractivity (Wildman–Crippen MR) is 78.3 cm³/mol. The predicted octanol–water partition coefficient (Wildman–Crippen LogP) is 2.82. The molecule has 0 aliphatic carbocycles. The number of nitrogens with zero attached hydrogens (tertiary/aromatic N) is 2. The van der Waals surface area contributed by atoms with E-state index in [-0.39, 0.29) is 6.04 Å². The van der Waals surface area contributed by atoms with E-state index >= 15 is 0 Å². The van der Waals surface area contributed by atoms with E-state index in [4.69, 9.17) is 5.73 Å². The molecule has 0 fully saturated rings. The monoisotopic (exact) mass is 261 g/mol. The first-order valence-electron chi connectivity index (χ1n) is 6.02. The average molecular weight is 261 g/mol. The number of anilines is 1. The third kappa shape index (κ3) is 3.09. The van der Waals surface area contributed by atoms with Crippen molar-refractivity contribution >= 4 is 17.0 Å². The van der Waals surface area contributed by atoms with Crippen LogP contribution in [-0.4, -0.2) is 19.1 Å². The molecule has 0 bridgehead atoms. The third-order valence-corrected chi connectivity index (χ3v) is 3.71. The number of hydrogen-bond donors (Lipinski definition) is 1. The summed E-state index contributed by atoms with van der Waals surface area (Å²) in [6.45, 7) is 1.96. The minimum absolute atomic E-state index is 0.0196. The molecule has 1 heterocycles. The number of benzene rings is 1. The van der Waals surface area contributed by atoms with Gasteiger partial charge in [-0.2, -0.15) is 0 Å². The van der Waals surface area contributed by atoms with Crippen molar-refractivity contribution in [3.8, 4) is 0 Å². The molecule has 2 N–H and O–H groups in total. The van der Waals surface area contributed by atoms with Crippen molar-refractivity contribution in [3.05, 3.63) is 45.9 Å². The summed E-state index contributed by atoms with van der Waals surface area (Å²) in [6, 6.07) is 8.60. The Morgan fingerprint density at radius 2 is 1.94 bits per heavy atom. The van der Waals surface area contributed by atoms with E-state index in [9.17, 15) is 0 Å². The fraction of sp³-hybridized carbons (Fsp3) is 0.357. The van der Waals surface area contributed by atoms with E-state index in [0.29, 0.717) is 0 Å². The van der Waals surface area contributed by atoms with Crippen molar-refractivity contribution in [2.45, 2.75) is 19.4 Å². The zero-order valence-electron chi connectivity index (χ0n) is 11.1. The Kier molecular flexibility index (Phi) is 3.99. The smallest absolute Gasteiger partial charge is 0.0972 e. The normalized spacial score (nSPS) is 12.4. The summed E-state index contributed by atoms with van der Waals surface area (Å²) in [6.07, 6.45) is 0.880. The van der Waals surface area contributed by atoms with Crippen LogP contribution in [0.2, 0.25) is 0 Å². The Labute approximate surface area is 112 Å². The molecule has 0 amide bonds. The van der Waals surface area contributed by atoms with Crippen molar-refractivity contribution in [1.29, 1.82) is 0 Å². The Balaban J connectivity index is 2.08. The molecule has 1 aromatic carbocycles. The molecular formula is C14H19N3S. The van der Waals surface area contributed by atoms with Crippen LogP contribution in [0.3, 0.4) is 0 Å². The molecule has 0 saturated carbocycles. The molecule has 2 aromatic rings. The topological polar surface area (TPSA) is 42.1 Å². The SMILES string of the molecule is CC(N)c1csc(Cc2ccc(N(C)C)cc2)n1. The molecule has 4 heteroatoms. The molecule has 0 spiro atoms. The van der Waals surface area contributed by atoms with Crippen LogP contribution in [0, 0.1) is 0 Å². The molecule has 0 radical (unpaired) electrons. The highest BCUT2D eigenvalue weighted by atomic mass is 32.1. The maximum atomic E-state index is 5.81. The van der Waals surface area contributed by atoms with Crippen LogP contribution in [0.1, 0.15) is 29.2 Å². The summed E-state index contributed by atoms with van der Waals surface area (Å²) in [5, 5.41) is 3.17. The summed E-state index contributed by atoms with van der Waals surface area (Å²) in [5.74, 6) is 0. The van der Waals surface area contributed by atoms with Gasteiger partial charge in [0.1, 0.15) is 0 Å². The summed E-state index contributed by atoms with van der Waals surface area (Å²) >= 11 is 1.68. The lowest BCUT2D eigenvalue weighted by molar-refractivity contribution is 0.784. The van der Waals surface area contributed by atoms with Gasteiger partial charge in [0.2, 0.25) is 0 Å². The summed E-state index contributed by atoms with van der Waals surface area (Å²) in [4.78, 5) is 6.64. The standard InChI is InChI=1S/C14H19N3S/c1-10(15)13-9-18-14(16-13)8-11-4-6-12(7-5-11)17(2)3/h4-7,9-10H,8,15H2,1-3H3. The fourth-order valence-electron chi connectivity index (χ4n) is 1.70. The Morgan fingerprint density at radius 3 is 2.44 bits per heavy atom. The van der Waals surface area contributed by atoms with E-state index in [0.717, 1.165) is 17.1 Å². The van der Waals surface area contributed by atoms with E-state index in [1.54, 1.807) is 11.3 Å². The molecule has 1 unspecified atom stereocenters. The van der Waals surface area contributed by atoms with Crippen LogP contribution < -0.4 is 10.6 Å². The first-order chi connectivity index (χ1) is 8.56. The average Bonchev–Trinajstić information content (AvgIpc) is 2.78. The van der Waals surface area contributed by atoms with Crippen molar-refractivity contribution in [2.75, 3.05) is 19.0 Å². The van der Waals surface area contributed by atoms with Crippen LogP contribution in [-0.2, 0) is 6.42 Å². The zero-order chi connectivity index (χ0) is 13.1. The van der Waals surface area contributed by atoms with Gasteiger partial charge in [-0.15, -0.1) is 11.3 Å². The fourth-order valence-corrected chi connectivity index (χ4v) is 2.63. The molecule has 3 nitrogen and oxygen atoms in total. The van der Waals surface area contributed by atoms with E-state index < -0.39 is 0 Å². The third-order valence-electron chi connectivity index (χ3n) is 2.84. The summed E-state index contributed by atoms with van der Waals surface area (Å²) in [7, 11) is 4.09. The van der Waals surface area contributed by atoms with Gasteiger partial charge < -0.3 is 10.6 Å². The van der Waals surface area contributed by atoms with Crippen molar-refractivity contribution in [3.63, 3.8) is 0 Å². The molecule has 0 aliphatic rings. The summed E-state index contributed by atoms with van der Waals surface area (Å²) < 4.78 is 0. The highest BCUT2D eigenvalue weighted by Gasteiger charge is 2.06. The van der Waals surface area contributed by atoms with Crippen LogP contribution in [0.5, 0.6) is 0 Å². The lowest BCUT2D eigenvalue weighted by Crippen LogP contribution is -2.08. The second-order valence-electron chi connectivity index (χ2n) is 4.69. The summed E-state index contributed by atoms with van der Waals surface area (Å²) in [5.41, 5.74) is 9.30. The molecule has 1 atom stereocenters. The van der Waals surface area contributed by atoms with Crippen LogP contribution in [0.4, 0.5) is 5.69 Å². The first kappa shape index (κ1) is 13.1. The number of rotatable bonds is 4. The lowest BCUT2D eigenvalue weighted by Gasteiger charge is -2.12. The number of hydrogen-bond acceptors (Lipinski definition) is 4. The Bertz CT molecular complexity index is 500. The van der Waals surface area contributed by atoms with Gasteiger partial charge in [0, 0.05) is 37.6 Å². The molecule has 2 rings (SSSR count). The van der Waals surface area contributed by atoms with Gasteiger partial charge in [-0.05, 0) is 24.6 Å². The Hall–Kier alpha value is -1.39. The minimum Gasteiger partial charge on any atom is -0.378 e. The second kappa shape index (κ2) is 5.50.